The molecule has 0 radical (unpaired) electrons. The molecular formula is C16H24FNO2. The molecule has 3 nitrogen and oxygen atoms in total. The van der Waals surface area contributed by atoms with Gasteiger partial charge in [-0.2, -0.15) is 0 Å². The van der Waals surface area contributed by atoms with E-state index in [1.165, 1.54) is 6.07 Å². The molecule has 0 saturated carbocycles. The third-order valence-electron chi connectivity index (χ3n) is 3.98. The SMILES string of the molecule is CCC(NCC1CCCO1)C(O)c1ccc(F)c(C)c1. The van der Waals surface area contributed by atoms with Crippen molar-refractivity contribution in [2.75, 3.05) is 13.2 Å². The molecule has 1 aromatic carbocycles. The van der Waals surface area contributed by atoms with Crippen molar-refractivity contribution >= 4 is 0 Å². The average molecular weight is 281 g/mol. The highest BCUT2D eigenvalue weighted by Crippen LogP contribution is 2.22. The maximum atomic E-state index is 13.3. The Kier molecular flexibility index (Phi) is 5.52. The van der Waals surface area contributed by atoms with Crippen molar-refractivity contribution in [3.8, 4) is 0 Å². The number of aryl methyl sites for hydroxylation is 1. The van der Waals surface area contributed by atoms with E-state index in [0.29, 0.717) is 5.56 Å². The number of aliphatic hydroxyl groups excluding tert-OH is 1. The lowest BCUT2D eigenvalue weighted by molar-refractivity contribution is 0.0865. The van der Waals surface area contributed by atoms with E-state index in [-0.39, 0.29) is 18.0 Å². The van der Waals surface area contributed by atoms with E-state index < -0.39 is 6.10 Å². The standard InChI is InChI=1S/C16H24FNO2/c1-3-15(18-10-13-5-4-8-20-13)16(19)12-6-7-14(17)11(2)9-12/h6-7,9,13,15-16,18-19H,3-5,8,10H2,1-2H3. The number of benzene rings is 1. The van der Waals surface area contributed by atoms with E-state index >= 15 is 0 Å². The molecule has 3 atom stereocenters. The van der Waals surface area contributed by atoms with Crippen LogP contribution in [0, 0.1) is 12.7 Å². The molecule has 1 aromatic rings. The first kappa shape index (κ1) is 15.4. The molecule has 2 N–H and O–H groups in total. The Balaban J connectivity index is 1.96. The Hall–Kier alpha value is -0.970. The molecule has 1 fully saturated rings. The Morgan fingerprint density at radius 3 is 2.90 bits per heavy atom. The quantitative estimate of drug-likeness (QED) is 0.842. The number of halogens is 1. The molecule has 4 heteroatoms. The molecule has 0 aliphatic carbocycles. The van der Waals surface area contributed by atoms with Crippen molar-refractivity contribution in [1.29, 1.82) is 0 Å². The highest BCUT2D eigenvalue weighted by atomic mass is 19.1. The minimum absolute atomic E-state index is 0.0379. The van der Waals surface area contributed by atoms with Crippen LogP contribution >= 0.6 is 0 Å². The van der Waals surface area contributed by atoms with Crippen LogP contribution in [-0.4, -0.2) is 30.4 Å². The minimum Gasteiger partial charge on any atom is -0.387 e. The summed E-state index contributed by atoms with van der Waals surface area (Å²) in [5.74, 6) is -0.235. The van der Waals surface area contributed by atoms with E-state index in [0.717, 1.165) is 38.0 Å². The molecule has 20 heavy (non-hydrogen) atoms. The lowest BCUT2D eigenvalue weighted by Crippen LogP contribution is -2.39. The molecule has 0 bridgehead atoms. The highest BCUT2D eigenvalue weighted by molar-refractivity contribution is 5.26. The van der Waals surface area contributed by atoms with Gasteiger partial charge in [-0.3, -0.25) is 0 Å². The van der Waals surface area contributed by atoms with Gasteiger partial charge in [0.05, 0.1) is 12.2 Å². The first-order valence-corrected chi connectivity index (χ1v) is 7.41. The fourth-order valence-corrected chi connectivity index (χ4v) is 2.65. The normalized spacial score (nSPS) is 21.9. The zero-order valence-electron chi connectivity index (χ0n) is 12.2. The topological polar surface area (TPSA) is 41.5 Å². The first-order valence-electron chi connectivity index (χ1n) is 7.41. The van der Waals surface area contributed by atoms with Gasteiger partial charge in [0.15, 0.2) is 0 Å². The maximum Gasteiger partial charge on any atom is 0.126 e. The van der Waals surface area contributed by atoms with Gasteiger partial charge in [-0.25, -0.2) is 4.39 Å². The Bertz CT molecular complexity index is 432. The van der Waals surface area contributed by atoms with Crippen LogP contribution in [0.15, 0.2) is 18.2 Å². The summed E-state index contributed by atoms with van der Waals surface area (Å²) in [6, 6.07) is 4.75. The monoisotopic (exact) mass is 281 g/mol. The number of rotatable bonds is 6. The van der Waals surface area contributed by atoms with Crippen LogP contribution in [0.1, 0.15) is 43.4 Å². The second-order valence-electron chi connectivity index (χ2n) is 5.51. The van der Waals surface area contributed by atoms with Gasteiger partial charge in [0, 0.05) is 19.2 Å². The largest absolute Gasteiger partial charge is 0.387 e. The molecule has 0 spiro atoms. The van der Waals surface area contributed by atoms with E-state index in [4.69, 9.17) is 4.74 Å². The number of nitrogens with one attached hydrogen (secondary N) is 1. The first-order chi connectivity index (χ1) is 9.61. The second-order valence-corrected chi connectivity index (χ2v) is 5.51. The van der Waals surface area contributed by atoms with Crippen LogP contribution < -0.4 is 5.32 Å². The molecule has 2 rings (SSSR count). The fourth-order valence-electron chi connectivity index (χ4n) is 2.65. The van der Waals surface area contributed by atoms with Gasteiger partial charge in [0.1, 0.15) is 5.82 Å². The van der Waals surface area contributed by atoms with Crippen LogP contribution in [0.5, 0.6) is 0 Å². The summed E-state index contributed by atoms with van der Waals surface area (Å²) in [5, 5.41) is 13.8. The number of hydrogen-bond acceptors (Lipinski definition) is 3. The molecular weight excluding hydrogens is 257 g/mol. The third kappa shape index (κ3) is 3.78. The molecule has 1 heterocycles. The fraction of sp³-hybridized carbons (Fsp3) is 0.625. The van der Waals surface area contributed by atoms with E-state index in [1.807, 2.05) is 6.92 Å². The minimum atomic E-state index is -0.624. The predicted molar refractivity (Wildman–Crippen MR) is 77.2 cm³/mol. The molecule has 1 aliphatic heterocycles. The second kappa shape index (κ2) is 7.16. The molecule has 112 valence electrons. The van der Waals surface area contributed by atoms with Crippen molar-refractivity contribution in [2.24, 2.45) is 0 Å². The van der Waals surface area contributed by atoms with Crippen LogP contribution in [-0.2, 0) is 4.74 Å². The summed E-state index contributed by atoms with van der Waals surface area (Å²) in [5.41, 5.74) is 1.33. The molecule has 1 aliphatic rings. The van der Waals surface area contributed by atoms with Crippen molar-refractivity contribution < 1.29 is 14.2 Å². The predicted octanol–water partition coefficient (Wildman–Crippen LogP) is 2.71. The van der Waals surface area contributed by atoms with Gasteiger partial charge < -0.3 is 15.2 Å². The van der Waals surface area contributed by atoms with Crippen LogP contribution in [0.3, 0.4) is 0 Å². The van der Waals surface area contributed by atoms with Crippen LogP contribution in [0.25, 0.3) is 0 Å². The van der Waals surface area contributed by atoms with Gasteiger partial charge >= 0.3 is 0 Å². The van der Waals surface area contributed by atoms with Gasteiger partial charge in [0.2, 0.25) is 0 Å². The lowest BCUT2D eigenvalue weighted by Gasteiger charge is -2.25. The zero-order valence-corrected chi connectivity index (χ0v) is 12.2. The summed E-state index contributed by atoms with van der Waals surface area (Å²) in [6.45, 7) is 5.34. The number of hydrogen-bond donors (Lipinski definition) is 2. The molecule has 3 unspecified atom stereocenters. The molecule has 0 amide bonds. The smallest absolute Gasteiger partial charge is 0.126 e. The number of aliphatic hydroxyl groups is 1. The summed E-state index contributed by atoms with van der Waals surface area (Å²) >= 11 is 0. The maximum absolute atomic E-state index is 13.3. The van der Waals surface area contributed by atoms with E-state index in [2.05, 4.69) is 5.32 Å². The van der Waals surface area contributed by atoms with Gasteiger partial charge in [0.25, 0.3) is 0 Å². The van der Waals surface area contributed by atoms with Crippen molar-refractivity contribution in [2.45, 2.75) is 51.4 Å². The Morgan fingerprint density at radius 1 is 1.50 bits per heavy atom. The average Bonchev–Trinajstić information content (AvgIpc) is 2.95. The summed E-state index contributed by atoms with van der Waals surface area (Å²) in [6.07, 6.45) is 2.63. The summed E-state index contributed by atoms with van der Waals surface area (Å²) in [7, 11) is 0. The van der Waals surface area contributed by atoms with Gasteiger partial charge in [-0.15, -0.1) is 0 Å². The van der Waals surface area contributed by atoms with Crippen molar-refractivity contribution in [1.82, 2.24) is 5.32 Å². The van der Waals surface area contributed by atoms with E-state index in [1.54, 1.807) is 19.1 Å². The van der Waals surface area contributed by atoms with Gasteiger partial charge in [-0.05, 0) is 43.4 Å². The third-order valence-corrected chi connectivity index (χ3v) is 3.98. The Labute approximate surface area is 120 Å². The van der Waals surface area contributed by atoms with Crippen molar-refractivity contribution in [3.05, 3.63) is 35.1 Å². The van der Waals surface area contributed by atoms with E-state index in [9.17, 15) is 9.50 Å². The summed E-state index contributed by atoms with van der Waals surface area (Å²) < 4.78 is 18.9. The highest BCUT2D eigenvalue weighted by Gasteiger charge is 2.22. The van der Waals surface area contributed by atoms with Crippen LogP contribution in [0.4, 0.5) is 4.39 Å². The number of ether oxygens (including phenoxy) is 1. The summed E-state index contributed by atoms with van der Waals surface area (Å²) in [4.78, 5) is 0. The van der Waals surface area contributed by atoms with Gasteiger partial charge in [-0.1, -0.05) is 19.1 Å². The van der Waals surface area contributed by atoms with Crippen LogP contribution in [0.2, 0.25) is 0 Å². The molecule has 1 saturated heterocycles. The van der Waals surface area contributed by atoms with Crippen molar-refractivity contribution in [3.63, 3.8) is 0 Å². The molecule has 0 aromatic heterocycles. The Morgan fingerprint density at radius 2 is 2.30 bits per heavy atom. The lowest BCUT2D eigenvalue weighted by atomic mass is 9.98. The zero-order chi connectivity index (χ0) is 14.5.